The molecule has 0 saturated heterocycles. The molecule has 1 rings (SSSR count). The number of rotatable bonds is 3. The van der Waals surface area contributed by atoms with Gasteiger partial charge in [0.25, 0.3) is 5.69 Å². The third-order valence-corrected chi connectivity index (χ3v) is 1.71. The quantitative estimate of drug-likeness (QED) is 0.562. The SMILES string of the molecule is CNc1ccc([N+](=O)[O-])c(C(=O)O)c1. The number of benzene rings is 1. The molecular weight excluding hydrogens is 188 g/mol. The molecule has 1 aromatic carbocycles. The van der Waals surface area contributed by atoms with Gasteiger partial charge in [-0.3, -0.25) is 10.1 Å². The van der Waals surface area contributed by atoms with Gasteiger partial charge in [-0.2, -0.15) is 0 Å². The molecule has 0 atom stereocenters. The molecule has 1 aromatic rings. The van der Waals surface area contributed by atoms with E-state index in [1.54, 1.807) is 7.05 Å². The van der Waals surface area contributed by atoms with Crippen molar-refractivity contribution in [2.75, 3.05) is 12.4 Å². The van der Waals surface area contributed by atoms with E-state index in [0.29, 0.717) is 5.69 Å². The summed E-state index contributed by atoms with van der Waals surface area (Å²) in [6, 6.07) is 3.83. The van der Waals surface area contributed by atoms with Gasteiger partial charge < -0.3 is 10.4 Å². The minimum absolute atomic E-state index is 0.318. The molecule has 14 heavy (non-hydrogen) atoms. The van der Waals surface area contributed by atoms with Gasteiger partial charge in [-0.25, -0.2) is 4.79 Å². The van der Waals surface area contributed by atoms with Crippen LogP contribution >= 0.6 is 0 Å². The van der Waals surface area contributed by atoms with E-state index in [-0.39, 0.29) is 5.56 Å². The Balaban J connectivity index is 3.31. The van der Waals surface area contributed by atoms with Gasteiger partial charge in [0.05, 0.1) is 4.92 Å². The molecule has 0 saturated carbocycles. The summed E-state index contributed by atoms with van der Waals surface area (Å²) in [7, 11) is 1.60. The van der Waals surface area contributed by atoms with Crippen molar-refractivity contribution in [1.29, 1.82) is 0 Å². The predicted octanol–water partition coefficient (Wildman–Crippen LogP) is 1.33. The predicted molar refractivity (Wildman–Crippen MR) is 49.6 cm³/mol. The van der Waals surface area contributed by atoms with E-state index in [4.69, 9.17) is 5.11 Å². The maximum atomic E-state index is 10.7. The number of nitro groups is 1. The summed E-state index contributed by atoms with van der Waals surface area (Å²) in [5, 5.41) is 21.9. The van der Waals surface area contributed by atoms with Crippen molar-refractivity contribution in [2.24, 2.45) is 0 Å². The Hall–Kier alpha value is -2.11. The van der Waals surface area contributed by atoms with Gasteiger partial charge in [0.15, 0.2) is 0 Å². The summed E-state index contributed by atoms with van der Waals surface area (Å²) in [5.74, 6) is -1.31. The number of nitrogens with zero attached hydrogens (tertiary/aromatic N) is 1. The molecule has 0 fully saturated rings. The molecule has 0 spiro atoms. The van der Waals surface area contributed by atoms with Crippen LogP contribution in [0.4, 0.5) is 11.4 Å². The fourth-order valence-electron chi connectivity index (χ4n) is 1.02. The normalized spacial score (nSPS) is 9.50. The summed E-state index contributed by atoms with van der Waals surface area (Å²) in [6.07, 6.45) is 0. The number of anilines is 1. The van der Waals surface area contributed by atoms with Crippen LogP contribution in [0.1, 0.15) is 10.4 Å². The lowest BCUT2D eigenvalue weighted by atomic mass is 10.1. The van der Waals surface area contributed by atoms with Gasteiger partial charge in [0, 0.05) is 18.8 Å². The van der Waals surface area contributed by atoms with Gasteiger partial charge in [0.1, 0.15) is 5.56 Å². The van der Waals surface area contributed by atoms with E-state index >= 15 is 0 Å². The number of hydrogen-bond acceptors (Lipinski definition) is 4. The molecule has 0 bridgehead atoms. The third-order valence-electron chi connectivity index (χ3n) is 1.71. The molecule has 0 aliphatic carbocycles. The van der Waals surface area contributed by atoms with Gasteiger partial charge in [-0.15, -0.1) is 0 Å². The Morgan fingerprint density at radius 1 is 1.57 bits per heavy atom. The molecule has 0 heterocycles. The topological polar surface area (TPSA) is 92.5 Å². The van der Waals surface area contributed by atoms with E-state index in [1.807, 2.05) is 0 Å². The molecule has 0 radical (unpaired) electrons. The highest BCUT2D eigenvalue weighted by Crippen LogP contribution is 2.22. The summed E-state index contributed by atoms with van der Waals surface area (Å²) in [4.78, 5) is 20.4. The Kier molecular flexibility index (Phi) is 2.66. The molecule has 0 aliphatic rings. The Morgan fingerprint density at radius 3 is 2.64 bits per heavy atom. The van der Waals surface area contributed by atoms with Crippen molar-refractivity contribution in [2.45, 2.75) is 0 Å². The van der Waals surface area contributed by atoms with Crippen LogP contribution in [0.15, 0.2) is 18.2 Å². The zero-order valence-corrected chi connectivity index (χ0v) is 7.35. The van der Waals surface area contributed by atoms with E-state index in [1.165, 1.54) is 12.1 Å². The third kappa shape index (κ3) is 1.79. The van der Waals surface area contributed by atoms with Gasteiger partial charge in [-0.1, -0.05) is 0 Å². The van der Waals surface area contributed by atoms with E-state index in [2.05, 4.69) is 5.32 Å². The first kappa shape index (κ1) is 9.97. The van der Waals surface area contributed by atoms with Crippen LogP contribution in [-0.4, -0.2) is 23.0 Å². The highest BCUT2D eigenvalue weighted by Gasteiger charge is 2.19. The van der Waals surface area contributed by atoms with Gasteiger partial charge in [-0.05, 0) is 12.1 Å². The zero-order chi connectivity index (χ0) is 10.7. The lowest BCUT2D eigenvalue weighted by Crippen LogP contribution is -2.03. The first-order chi connectivity index (χ1) is 6.56. The second-order valence-electron chi connectivity index (χ2n) is 2.54. The largest absolute Gasteiger partial charge is 0.477 e. The van der Waals surface area contributed by atoms with Crippen molar-refractivity contribution in [3.05, 3.63) is 33.9 Å². The van der Waals surface area contributed by atoms with Crippen molar-refractivity contribution in [1.82, 2.24) is 0 Å². The zero-order valence-electron chi connectivity index (χ0n) is 7.35. The molecule has 2 N–H and O–H groups in total. The molecule has 0 amide bonds. The minimum atomic E-state index is -1.31. The minimum Gasteiger partial charge on any atom is -0.477 e. The second-order valence-corrected chi connectivity index (χ2v) is 2.54. The number of carbonyl (C=O) groups is 1. The molecule has 6 heteroatoms. The van der Waals surface area contributed by atoms with Crippen molar-refractivity contribution < 1.29 is 14.8 Å². The van der Waals surface area contributed by atoms with Gasteiger partial charge >= 0.3 is 5.97 Å². The summed E-state index contributed by atoms with van der Waals surface area (Å²) in [6.45, 7) is 0. The van der Waals surface area contributed by atoms with Crippen LogP contribution < -0.4 is 5.32 Å². The number of nitrogens with one attached hydrogen (secondary N) is 1. The smallest absolute Gasteiger partial charge is 0.342 e. The molecule has 6 nitrogen and oxygen atoms in total. The fourth-order valence-corrected chi connectivity index (χ4v) is 1.02. The number of carboxylic acids is 1. The number of hydrogen-bond donors (Lipinski definition) is 2. The first-order valence-corrected chi connectivity index (χ1v) is 3.75. The number of carboxylic acid groups (broad SMARTS) is 1. The van der Waals surface area contributed by atoms with Crippen LogP contribution in [0.3, 0.4) is 0 Å². The van der Waals surface area contributed by atoms with Gasteiger partial charge in [0.2, 0.25) is 0 Å². The first-order valence-electron chi connectivity index (χ1n) is 3.75. The lowest BCUT2D eigenvalue weighted by Gasteiger charge is -2.01. The second kappa shape index (κ2) is 3.73. The molecule has 74 valence electrons. The standard InChI is InChI=1S/C8H8N2O4/c1-9-5-2-3-7(10(13)14)6(4-5)8(11)12/h2-4,9H,1H3,(H,11,12). The number of nitro benzene ring substituents is 1. The average Bonchev–Trinajstić information content (AvgIpc) is 2.16. The average molecular weight is 196 g/mol. The number of aromatic carboxylic acids is 1. The Labute approximate surface area is 79.3 Å². The summed E-state index contributed by atoms with van der Waals surface area (Å²) < 4.78 is 0. The molecular formula is C8H8N2O4. The van der Waals surface area contributed by atoms with Crippen LogP contribution in [0.5, 0.6) is 0 Å². The van der Waals surface area contributed by atoms with E-state index in [9.17, 15) is 14.9 Å². The lowest BCUT2D eigenvalue weighted by molar-refractivity contribution is -0.385. The summed E-state index contributed by atoms with van der Waals surface area (Å²) in [5.41, 5.74) is -0.202. The van der Waals surface area contributed by atoms with Crippen LogP contribution in [0.25, 0.3) is 0 Å². The molecule has 0 unspecified atom stereocenters. The van der Waals surface area contributed by atoms with E-state index < -0.39 is 16.6 Å². The van der Waals surface area contributed by atoms with Crippen LogP contribution in [0.2, 0.25) is 0 Å². The fraction of sp³-hybridized carbons (Fsp3) is 0.125. The molecule has 0 aliphatic heterocycles. The Morgan fingerprint density at radius 2 is 2.21 bits per heavy atom. The van der Waals surface area contributed by atoms with Crippen LogP contribution in [-0.2, 0) is 0 Å². The monoisotopic (exact) mass is 196 g/mol. The van der Waals surface area contributed by atoms with E-state index in [0.717, 1.165) is 6.07 Å². The highest BCUT2D eigenvalue weighted by molar-refractivity contribution is 5.93. The van der Waals surface area contributed by atoms with Crippen molar-refractivity contribution in [3.8, 4) is 0 Å². The highest BCUT2D eigenvalue weighted by atomic mass is 16.6. The van der Waals surface area contributed by atoms with Crippen molar-refractivity contribution in [3.63, 3.8) is 0 Å². The maximum Gasteiger partial charge on any atom is 0.342 e. The summed E-state index contributed by atoms with van der Waals surface area (Å²) >= 11 is 0. The maximum absolute atomic E-state index is 10.7. The van der Waals surface area contributed by atoms with Crippen molar-refractivity contribution >= 4 is 17.3 Å². The Bertz CT molecular complexity index is 389. The van der Waals surface area contributed by atoms with Crippen LogP contribution in [0, 0.1) is 10.1 Å². The molecule has 0 aromatic heterocycles.